The minimum Gasteiger partial charge on any atom is -0.408 e. The van der Waals surface area contributed by atoms with Gasteiger partial charge in [-0.25, -0.2) is 9.48 Å². The number of nitrogens with zero attached hydrogens (tertiary/aromatic N) is 3. The van der Waals surface area contributed by atoms with Crippen molar-refractivity contribution in [2.24, 2.45) is 0 Å². The molecule has 0 fully saturated rings. The van der Waals surface area contributed by atoms with Crippen molar-refractivity contribution >= 4 is 34.3 Å². The fourth-order valence-electron chi connectivity index (χ4n) is 2.90. The topological polar surface area (TPSA) is 82.1 Å². The lowest BCUT2D eigenvalue weighted by molar-refractivity contribution is -0.116. The van der Waals surface area contributed by atoms with E-state index in [1.807, 2.05) is 6.07 Å². The average molecular weight is 383 g/mol. The molecule has 0 saturated heterocycles. The quantitative estimate of drug-likeness (QED) is 0.573. The Labute approximate surface area is 158 Å². The van der Waals surface area contributed by atoms with Crippen LogP contribution in [0.1, 0.15) is 6.42 Å². The highest BCUT2D eigenvalue weighted by Gasteiger charge is 2.14. The van der Waals surface area contributed by atoms with Crippen molar-refractivity contribution in [3.05, 3.63) is 76.5 Å². The zero-order valence-electron chi connectivity index (χ0n) is 14.1. The standard InChI is InChI=1S/C19H15ClN4O3/c20-13-5-3-6-14(18(13)24-11-4-10-21-24)22-17(25)9-12-23-15-7-1-2-8-16(15)27-19(23)26/h1-8,10-11H,9,12H2,(H,22,25). The highest BCUT2D eigenvalue weighted by atomic mass is 35.5. The van der Waals surface area contributed by atoms with Crippen molar-refractivity contribution in [3.8, 4) is 5.69 Å². The van der Waals surface area contributed by atoms with E-state index >= 15 is 0 Å². The highest BCUT2D eigenvalue weighted by molar-refractivity contribution is 6.33. The van der Waals surface area contributed by atoms with Crippen molar-refractivity contribution in [3.63, 3.8) is 0 Å². The Morgan fingerprint density at radius 3 is 2.81 bits per heavy atom. The lowest BCUT2D eigenvalue weighted by atomic mass is 10.2. The number of aryl methyl sites for hydroxylation is 1. The van der Waals surface area contributed by atoms with Crippen LogP contribution >= 0.6 is 11.6 Å². The van der Waals surface area contributed by atoms with E-state index in [2.05, 4.69) is 10.4 Å². The first-order valence-corrected chi connectivity index (χ1v) is 8.68. The van der Waals surface area contributed by atoms with Crippen LogP contribution in [-0.2, 0) is 11.3 Å². The molecular weight excluding hydrogens is 368 g/mol. The number of rotatable bonds is 5. The lowest BCUT2D eigenvalue weighted by Crippen LogP contribution is -2.20. The maximum atomic E-state index is 12.5. The van der Waals surface area contributed by atoms with E-state index < -0.39 is 5.76 Å². The van der Waals surface area contributed by atoms with Gasteiger partial charge in [0.05, 0.1) is 16.2 Å². The predicted octanol–water partition coefficient (Wildman–Crippen LogP) is 3.46. The second-order valence-corrected chi connectivity index (χ2v) is 6.28. The second-order valence-electron chi connectivity index (χ2n) is 5.87. The molecule has 2 aromatic carbocycles. The van der Waals surface area contributed by atoms with Crippen LogP contribution in [0.5, 0.6) is 0 Å². The van der Waals surface area contributed by atoms with E-state index in [0.717, 1.165) is 0 Å². The van der Waals surface area contributed by atoms with Crippen LogP contribution < -0.4 is 11.1 Å². The summed E-state index contributed by atoms with van der Waals surface area (Å²) in [5, 5.41) is 7.48. The Balaban J connectivity index is 1.53. The maximum Gasteiger partial charge on any atom is 0.419 e. The number of nitrogens with one attached hydrogen (secondary N) is 1. The predicted molar refractivity (Wildman–Crippen MR) is 102 cm³/mol. The number of benzene rings is 2. The summed E-state index contributed by atoms with van der Waals surface area (Å²) in [6, 6.07) is 14.1. The summed E-state index contributed by atoms with van der Waals surface area (Å²) in [6.45, 7) is 0.208. The highest BCUT2D eigenvalue weighted by Crippen LogP contribution is 2.28. The number of para-hydroxylation sites is 3. The third kappa shape index (κ3) is 3.37. The number of oxazole rings is 1. The van der Waals surface area contributed by atoms with Gasteiger partial charge in [-0.15, -0.1) is 0 Å². The van der Waals surface area contributed by atoms with Gasteiger partial charge in [0, 0.05) is 25.4 Å². The molecular formula is C19H15ClN4O3. The van der Waals surface area contributed by atoms with Crippen LogP contribution in [0.15, 0.2) is 70.1 Å². The number of carbonyl (C=O) groups is 1. The molecule has 2 aromatic heterocycles. The fraction of sp³-hybridized carbons (Fsp3) is 0.105. The number of halogens is 1. The Kier molecular flexibility index (Phi) is 4.52. The van der Waals surface area contributed by atoms with E-state index in [1.54, 1.807) is 59.5 Å². The molecule has 0 atom stereocenters. The normalized spacial score (nSPS) is 11.0. The van der Waals surface area contributed by atoms with Crippen LogP contribution in [-0.4, -0.2) is 20.3 Å². The van der Waals surface area contributed by atoms with Crippen molar-refractivity contribution < 1.29 is 9.21 Å². The summed E-state index contributed by atoms with van der Waals surface area (Å²) >= 11 is 6.28. The SMILES string of the molecule is O=C(CCn1c(=O)oc2ccccc21)Nc1cccc(Cl)c1-n1cccn1. The molecule has 2 heterocycles. The van der Waals surface area contributed by atoms with Crippen molar-refractivity contribution in [2.45, 2.75) is 13.0 Å². The first-order chi connectivity index (χ1) is 13.1. The van der Waals surface area contributed by atoms with Gasteiger partial charge < -0.3 is 9.73 Å². The smallest absolute Gasteiger partial charge is 0.408 e. The molecule has 0 saturated carbocycles. The van der Waals surface area contributed by atoms with E-state index in [0.29, 0.717) is 27.5 Å². The summed E-state index contributed by atoms with van der Waals surface area (Å²) in [4.78, 5) is 24.5. The Bertz CT molecular complexity index is 1160. The van der Waals surface area contributed by atoms with Crippen LogP contribution in [0.3, 0.4) is 0 Å². The Morgan fingerprint density at radius 2 is 2.00 bits per heavy atom. The molecule has 27 heavy (non-hydrogen) atoms. The van der Waals surface area contributed by atoms with E-state index in [-0.39, 0.29) is 18.9 Å². The average Bonchev–Trinajstić information content (AvgIpc) is 3.27. The first kappa shape index (κ1) is 17.1. The summed E-state index contributed by atoms with van der Waals surface area (Å²) in [7, 11) is 0. The second kappa shape index (κ2) is 7.13. The lowest BCUT2D eigenvalue weighted by Gasteiger charge is -2.12. The molecule has 0 aliphatic carbocycles. The Hall–Kier alpha value is -3.32. The molecule has 0 bridgehead atoms. The minimum atomic E-state index is -0.482. The van der Waals surface area contributed by atoms with Crippen LogP contribution in [0.25, 0.3) is 16.8 Å². The van der Waals surface area contributed by atoms with Crippen molar-refractivity contribution in [1.29, 1.82) is 0 Å². The number of anilines is 1. The number of aromatic nitrogens is 3. The monoisotopic (exact) mass is 382 g/mol. The van der Waals surface area contributed by atoms with Gasteiger partial charge in [-0.2, -0.15) is 5.10 Å². The molecule has 7 nitrogen and oxygen atoms in total. The van der Waals surface area contributed by atoms with Gasteiger partial charge in [0.15, 0.2) is 5.58 Å². The van der Waals surface area contributed by atoms with Crippen LogP contribution in [0, 0.1) is 0 Å². The molecule has 8 heteroatoms. The number of amides is 1. The molecule has 4 rings (SSSR count). The Morgan fingerprint density at radius 1 is 1.15 bits per heavy atom. The molecule has 4 aromatic rings. The van der Waals surface area contributed by atoms with Crippen LogP contribution in [0.2, 0.25) is 5.02 Å². The van der Waals surface area contributed by atoms with Crippen LogP contribution in [0.4, 0.5) is 5.69 Å². The summed E-state index contributed by atoms with van der Waals surface area (Å²) < 4.78 is 8.22. The zero-order chi connectivity index (χ0) is 18.8. The largest absolute Gasteiger partial charge is 0.419 e. The van der Waals surface area contributed by atoms with Gasteiger partial charge in [0.25, 0.3) is 0 Å². The summed E-state index contributed by atoms with van der Waals surface area (Å²) in [6.07, 6.45) is 3.48. The van der Waals surface area contributed by atoms with Gasteiger partial charge >= 0.3 is 5.76 Å². The number of fused-ring (bicyclic) bond motifs is 1. The number of carbonyl (C=O) groups excluding carboxylic acids is 1. The molecule has 136 valence electrons. The minimum absolute atomic E-state index is 0.106. The summed E-state index contributed by atoms with van der Waals surface area (Å²) in [5.41, 5.74) is 2.29. The summed E-state index contributed by atoms with van der Waals surface area (Å²) in [5.74, 6) is -0.730. The molecule has 0 radical (unpaired) electrons. The molecule has 1 amide bonds. The van der Waals surface area contributed by atoms with E-state index in [4.69, 9.17) is 16.0 Å². The molecule has 0 aliphatic heterocycles. The molecule has 1 N–H and O–H groups in total. The third-order valence-electron chi connectivity index (χ3n) is 4.13. The van der Waals surface area contributed by atoms with Gasteiger partial charge in [0.1, 0.15) is 5.69 Å². The fourth-order valence-corrected chi connectivity index (χ4v) is 3.16. The molecule has 0 unspecified atom stereocenters. The zero-order valence-corrected chi connectivity index (χ0v) is 14.9. The number of hydrogen-bond donors (Lipinski definition) is 1. The van der Waals surface area contributed by atoms with Crippen molar-refractivity contribution in [1.82, 2.24) is 14.3 Å². The molecule has 0 aliphatic rings. The van der Waals surface area contributed by atoms with Gasteiger partial charge in [-0.1, -0.05) is 29.8 Å². The number of hydrogen-bond acceptors (Lipinski definition) is 4. The van der Waals surface area contributed by atoms with Gasteiger partial charge in [-0.05, 0) is 30.3 Å². The van der Waals surface area contributed by atoms with Gasteiger partial charge in [-0.3, -0.25) is 9.36 Å². The third-order valence-corrected chi connectivity index (χ3v) is 4.44. The van der Waals surface area contributed by atoms with Crippen molar-refractivity contribution in [2.75, 3.05) is 5.32 Å². The van der Waals surface area contributed by atoms with E-state index in [9.17, 15) is 9.59 Å². The first-order valence-electron chi connectivity index (χ1n) is 8.30. The molecule has 0 spiro atoms. The maximum absolute atomic E-state index is 12.5. The van der Waals surface area contributed by atoms with E-state index in [1.165, 1.54) is 4.57 Å². The van der Waals surface area contributed by atoms with Gasteiger partial charge in [0.2, 0.25) is 5.91 Å².